The number of hydrogen-bond acceptors (Lipinski definition) is 3. The molecular formula is C22H15N5. The fraction of sp³-hybridized carbons (Fsp3) is 0. The number of rotatable bonds is 0. The largest absolute Gasteiger partial charge is 0.354 e. The Balaban J connectivity index is 1.77. The molecule has 0 atom stereocenters. The van der Waals surface area contributed by atoms with E-state index in [0.29, 0.717) is 0 Å². The molecule has 0 radical (unpaired) electrons. The van der Waals surface area contributed by atoms with Crippen molar-refractivity contribution in [2.75, 3.05) is 5.84 Å². The van der Waals surface area contributed by atoms with Gasteiger partial charge in [0.25, 0.3) is 0 Å². The Bertz CT molecular complexity index is 1380. The van der Waals surface area contributed by atoms with Crippen molar-refractivity contribution in [3.05, 3.63) is 70.3 Å². The fourth-order valence-electron chi connectivity index (χ4n) is 3.74. The molecule has 8 bridgehead atoms. The predicted molar refractivity (Wildman–Crippen MR) is 112 cm³/mol. The second kappa shape index (κ2) is 5.08. The third kappa shape index (κ3) is 2.18. The van der Waals surface area contributed by atoms with Gasteiger partial charge in [0, 0.05) is 16.6 Å². The Morgan fingerprint density at radius 2 is 1.44 bits per heavy atom. The van der Waals surface area contributed by atoms with E-state index in [1.54, 1.807) is 4.68 Å². The highest BCUT2D eigenvalue weighted by Crippen LogP contribution is 2.30. The number of aromatic nitrogens is 4. The molecule has 0 aromatic carbocycles. The maximum atomic E-state index is 6.28. The van der Waals surface area contributed by atoms with E-state index in [0.717, 1.165) is 50.4 Å². The monoisotopic (exact) mass is 349 g/mol. The molecule has 3 aromatic rings. The molecule has 0 saturated carbocycles. The summed E-state index contributed by atoms with van der Waals surface area (Å²) in [5, 5.41) is 0. The zero-order chi connectivity index (χ0) is 18.0. The van der Waals surface area contributed by atoms with Gasteiger partial charge in [0.05, 0.1) is 39.3 Å². The van der Waals surface area contributed by atoms with Crippen molar-refractivity contribution in [3.63, 3.8) is 0 Å². The van der Waals surface area contributed by atoms with Gasteiger partial charge in [-0.25, -0.2) is 9.97 Å². The maximum absolute atomic E-state index is 6.28. The second-order valence-corrected chi connectivity index (χ2v) is 6.84. The molecule has 0 amide bonds. The lowest BCUT2D eigenvalue weighted by Crippen LogP contribution is -2.06. The van der Waals surface area contributed by atoms with E-state index in [-0.39, 0.29) is 0 Å². The summed E-state index contributed by atoms with van der Waals surface area (Å²) < 4.78 is 1.66. The summed E-state index contributed by atoms with van der Waals surface area (Å²) in [6.45, 7) is 0. The first-order valence-corrected chi connectivity index (χ1v) is 8.80. The highest BCUT2D eigenvalue weighted by atomic mass is 15.3. The third-order valence-corrected chi connectivity index (χ3v) is 5.06. The van der Waals surface area contributed by atoms with Gasteiger partial charge in [0.1, 0.15) is 0 Å². The zero-order valence-corrected chi connectivity index (χ0v) is 14.3. The van der Waals surface area contributed by atoms with E-state index in [1.165, 1.54) is 5.56 Å². The summed E-state index contributed by atoms with van der Waals surface area (Å²) in [6, 6.07) is 12.1. The highest BCUT2D eigenvalue weighted by Gasteiger charge is 2.13. The number of nitrogens with two attached hydrogens (primary N) is 1. The van der Waals surface area contributed by atoms with Crippen LogP contribution < -0.4 is 5.84 Å². The van der Waals surface area contributed by atoms with E-state index in [9.17, 15) is 0 Å². The lowest BCUT2D eigenvalue weighted by molar-refractivity contribution is 1.11. The van der Waals surface area contributed by atoms with E-state index in [4.69, 9.17) is 10.8 Å². The molecule has 2 aliphatic heterocycles. The minimum atomic E-state index is 0.879. The van der Waals surface area contributed by atoms with Crippen LogP contribution in [0.25, 0.3) is 58.5 Å². The van der Waals surface area contributed by atoms with Crippen LogP contribution in [0.15, 0.2) is 36.4 Å². The van der Waals surface area contributed by atoms with Gasteiger partial charge in [-0.05, 0) is 60.7 Å². The molecule has 1 aliphatic carbocycles. The van der Waals surface area contributed by atoms with Gasteiger partial charge in [-0.1, -0.05) is 12.2 Å². The first kappa shape index (κ1) is 14.3. The van der Waals surface area contributed by atoms with Crippen LogP contribution in [0, 0.1) is 0 Å². The number of hydrogen-bond donors (Lipinski definition) is 2. The molecule has 5 heterocycles. The Hall–Kier alpha value is -3.86. The Labute approximate surface area is 154 Å². The summed E-state index contributed by atoms with van der Waals surface area (Å²) in [5.74, 6) is 6.28. The average molecular weight is 349 g/mol. The van der Waals surface area contributed by atoms with Crippen molar-refractivity contribution in [1.29, 1.82) is 0 Å². The maximum Gasteiger partial charge on any atom is 0.0731 e. The van der Waals surface area contributed by atoms with Crippen LogP contribution >= 0.6 is 0 Å². The van der Waals surface area contributed by atoms with Crippen LogP contribution in [0.3, 0.4) is 0 Å². The van der Waals surface area contributed by atoms with Crippen LogP contribution in [0.2, 0.25) is 0 Å². The first-order chi connectivity index (χ1) is 13.2. The van der Waals surface area contributed by atoms with Crippen molar-refractivity contribution in [1.82, 2.24) is 19.6 Å². The van der Waals surface area contributed by atoms with E-state index in [1.807, 2.05) is 48.6 Å². The molecule has 0 unspecified atom stereocenters. The zero-order valence-electron chi connectivity index (χ0n) is 14.3. The number of H-pyrrole nitrogens is 1. The van der Waals surface area contributed by atoms with Crippen molar-refractivity contribution in [2.45, 2.75) is 0 Å². The molecule has 3 N–H and O–H groups in total. The van der Waals surface area contributed by atoms with Crippen molar-refractivity contribution < 1.29 is 0 Å². The van der Waals surface area contributed by atoms with Crippen molar-refractivity contribution in [3.8, 4) is 0 Å². The standard InChI is InChI=1S/C22H15N5/c23-27-18-5-6-19(27)12-16-4-8-21(25-16)20-7-1-13-9-17(26-22(13)20)10-14-2-3-15(11-18)24-14/h1-12,26H,23H2. The molecule has 0 fully saturated rings. The third-order valence-electron chi connectivity index (χ3n) is 5.06. The Morgan fingerprint density at radius 1 is 0.741 bits per heavy atom. The molecule has 5 heteroatoms. The summed E-state index contributed by atoms with van der Waals surface area (Å²) >= 11 is 0. The molecule has 0 spiro atoms. The molecule has 3 aromatic heterocycles. The van der Waals surface area contributed by atoms with Gasteiger partial charge in [-0.2, -0.15) is 0 Å². The lowest BCUT2D eigenvalue weighted by Gasteiger charge is -1.96. The van der Waals surface area contributed by atoms with Gasteiger partial charge >= 0.3 is 0 Å². The number of aromatic amines is 1. The van der Waals surface area contributed by atoms with Gasteiger partial charge in [0.15, 0.2) is 0 Å². The Morgan fingerprint density at radius 3 is 2.26 bits per heavy atom. The number of nitrogens with zero attached hydrogens (tertiary/aromatic N) is 3. The number of nitrogen functional groups attached to an aromatic ring is 1. The topological polar surface area (TPSA) is 72.5 Å². The molecule has 27 heavy (non-hydrogen) atoms. The predicted octanol–water partition coefficient (Wildman–Crippen LogP) is 4.33. The molecule has 5 nitrogen and oxygen atoms in total. The second-order valence-electron chi connectivity index (χ2n) is 6.84. The van der Waals surface area contributed by atoms with Crippen LogP contribution in [0.5, 0.6) is 0 Å². The lowest BCUT2D eigenvalue weighted by atomic mass is 10.2. The minimum Gasteiger partial charge on any atom is -0.354 e. The van der Waals surface area contributed by atoms with Crippen molar-refractivity contribution in [2.24, 2.45) is 0 Å². The van der Waals surface area contributed by atoms with Crippen LogP contribution in [0.4, 0.5) is 0 Å². The Kier molecular flexibility index (Phi) is 2.69. The first-order valence-electron chi connectivity index (χ1n) is 8.80. The smallest absolute Gasteiger partial charge is 0.0731 e. The highest BCUT2D eigenvalue weighted by molar-refractivity contribution is 5.98. The molecular weight excluding hydrogens is 334 g/mol. The summed E-state index contributed by atoms with van der Waals surface area (Å²) in [7, 11) is 0. The fourth-order valence-corrected chi connectivity index (χ4v) is 3.74. The van der Waals surface area contributed by atoms with Gasteiger partial charge < -0.3 is 10.8 Å². The van der Waals surface area contributed by atoms with Gasteiger partial charge in [-0.15, -0.1) is 0 Å². The molecule has 6 rings (SSSR count). The van der Waals surface area contributed by atoms with Gasteiger partial charge in [-0.3, -0.25) is 4.68 Å². The molecule has 0 saturated heterocycles. The minimum absolute atomic E-state index is 0.879. The summed E-state index contributed by atoms with van der Waals surface area (Å²) in [5.41, 5.74) is 9.82. The average Bonchev–Trinajstić information content (AvgIpc) is 3.43. The van der Waals surface area contributed by atoms with E-state index in [2.05, 4.69) is 34.3 Å². The number of fused-ring (bicyclic) bond motifs is 8. The quantitative estimate of drug-likeness (QED) is 0.401. The SMILES string of the molecule is Nn1c2ccc1cc1nc(c3c4[nH]c(cc5nc(c2)C=C5)cc4C=C3)C=C1. The molecule has 128 valence electrons. The number of nitrogens with one attached hydrogen (secondary N) is 1. The molecule has 3 aliphatic rings. The summed E-state index contributed by atoms with van der Waals surface area (Å²) in [6.07, 6.45) is 12.3. The normalized spacial score (nSPS) is 13.6. The van der Waals surface area contributed by atoms with Crippen LogP contribution in [0.1, 0.15) is 33.9 Å². The van der Waals surface area contributed by atoms with Crippen LogP contribution in [-0.2, 0) is 0 Å². The van der Waals surface area contributed by atoms with E-state index >= 15 is 0 Å². The van der Waals surface area contributed by atoms with E-state index < -0.39 is 0 Å². The summed E-state index contributed by atoms with van der Waals surface area (Å²) in [4.78, 5) is 13.0. The van der Waals surface area contributed by atoms with Crippen molar-refractivity contribution >= 4 is 58.5 Å². The van der Waals surface area contributed by atoms with Gasteiger partial charge in [0.2, 0.25) is 0 Å². The van der Waals surface area contributed by atoms with Crippen LogP contribution in [-0.4, -0.2) is 19.6 Å².